The van der Waals surface area contributed by atoms with E-state index in [0.717, 1.165) is 16.9 Å². The zero-order valence-corrected chi connectivity index (χ0v) is 13.7. The fourth-order valence-electron chi connectivity index (χ4n) is 2.25. The number of amidine groups is 1. The molecule has 2 aromatic carbocycles. The molecule has 3 aromatic rings. The molecule has 0 spiro atoms. The van der Waals surface area contributed by atoms with Gasteiger partial charge in [0.25, 0.3) is 5.91 Å². The van der Waals surface area contributed by atoms with E-state index >= 15 is 0 Å². The van der Waals surface area contributed by atoms with Gasteiger partial charge in [0.1, 0.15) is 6.33 Å². The predicted octanol–water partition coefficient (Wildman–Crippen LogP) is 2.55. The molecule has 8 heteroatoms. The Balaban J connectivity index is 1.53. The SMILES string of the molecule is O=C1NC(=Nc2ccccc2)SC1=Cc1ccc(-n2cnnn2)cc1. The molecule has 1 aliphatic rings. The lowest BCUT2D eigenvalue weighted by molar-refractivity contribution is -0.115. The van der Waals surface area contributed by atoms with Gasteiger partial charge >= 0.3 is 0 Å². The predicted molar refractivity (Wildman–Crippen MR) is 96.4 cm³/mol. The third-order valence-corrected chi connectivity index (χ3v) is 4.35. The summed E-state index contributed by atoms with van der Waals surface area (Å²) in [5.74, 6) is -0.149. The first kappa shape index (κ1) is 15.3. The Hall–Kier alpha value is -3.26. The molecule has 0 unspecified atom stereocenters. The van der Waals surface area contributed by atoms with Crippen LogP contribution in [0.2, 0.25) is 0 Å². The smallest absolute Gasteiger partial charge is 0.264 e. The lowest BCUT2D eigenvalue weighted by Gasteiger charge is -2.00. The van der Waals surface area contributed by atoms with Crippen LogP contribution in [0.25, 0.3) is 11.8 Å². The number of para-hydroxylation sites is 1. The highest BCUT2D eigenvalue weighted by Crippen LogP contribution is 2.28. The third-order valence-electron chi connectivity index (χ3n) is 3.44. The Morgan fingerprint density at radius 1 is 1.08 bits per heavy atom. The Morgan fingerprint density at radius 2 is 1.88 bits per heavy atom. The lowest BCUT2D eigenvalue weighted by atomic mass is 10.2. The molecule has 0 atom stereocenters. The Bertz CT molecular complexity index is 949. The van der Waals surface area contributed by atoms with Crippen molar-refractivity contribution in [1.82, 2.24) is 25.5 Å². The normalized spacial score (nSPS) is 17.2. The molecular formula is C17H12N6OS. The Labute approximate surface area is 147 Å². The van der Waals surface area contributed by atoms with Gasteiger partial charge in [-0.3, -0.25) is 4.79 Å². The van der Waals surface area contributed by atoms with Crippen molar-refractivity contribution in [2.24, 2.45) is 4.99 Å². The fraction of sp³-hybridized carbons (Fsp3) is 0. The number of rotatable bonds is 3. The average Bonchev–Trinajstić information content (AvgIpc) is 3.27. The summed E-state index contributed by atoms with van der Waals surface area (Å²) in [4.78, 5) is 17.2. The zero-order chi connectivity index (χ0) is 17.1. The van der Waals surface area contributed by atoms with E-state index in [1.165, 1.54) is 18.1 Å². The minimum absolute atomic E-state index is 0.149. The molecule has 0 saturated carbocycles. The van der Waals surface area contributed by atoms with Crippen molar-refractivity contribution >= 4 is 34.6 Å². The molecule has 7 nitrogen and oxygen atoms in total. The third kappa shape index (κ3) is 3.48. The molecule has 0 bridgehead atoms. The first-order chi connectivity index (χ1) is 12.3. The van der Waals surface area contributed by atoms with Gasteiger partial charge in [-0.1, -0.05) is 30.3 Å². The number of nitrogens with zero attached hydrogens (tertiary/aromatic N) is 5. The molecule has 1 aromatic heterocycles. The van der Waals surface area contributed by atoms with Gasteiger partial charge in [0.15, 0.2) is 5.17 Å². The molecule has 4 rings (SSSR count). The quantitative estimate of drug-likeness (QED) is 0.735. The van der Waals surface area contributed by atoms with E-state index in [9.17, 15) is 4.79 Å². The summed E-state index contributed by atoms with van der Waals surface area (Å²) in [7, 11) is 0. The van der Waals surface area contributed by atoms with Crippen molar-refractivity contribution in [1.29, 1.82) is 0 Å². The number of hydrogen-bond acceptors (Lipinski definition) is 6. The number of aromatic nitrogens is 4. The van der Waals surface area contributed by atoms with Crippen LogP contribution < -0.4 is 5.32 Å². The van der Waals surface area contributed by atoms with Gasteiger partial charge in [0.05, 0.1) is 16.3 Å². The summed E-state index contributed by atoms with van der Waals surface area (Å²) in [6.45, 7) is 0. The van der Waals surface area contributed by atoms with Gasteiger partial charge in [-0.15, -0.1) is 5.10 Å². The number of benzene rings is 2. The van der Waals surface area contributed by atoms with Crippen molar-refractivity contribution in [2.45, 2.75) is 0 Å². The summed E-state index contributed by atoms with van der Waals surface area (Å²) < 4.78 is 1.57. The summed E-state index contributed by atoms with van der Waals surface area (Å²) in [5, 5.41) is 14.4. The first-order valence-electron chi connectivity index (χ1n) is 7.46. The van der Waals surface area contributed by atoms with Crippen LogP contribution in [0.15, 0.2) is 70.8 Å². The van der Waals surface area contributed by atoms with Crippen molar-refractivity contribution in [3.8, 4) is 5.69 Å². The van der Waals surface area contributed by atoms with Crippen LogP contribution in [0.3, 0.4) is 0 Å². The molecule has 2 heterocycles. The number of amides is 1. The molecule has 122 valence electrons. The van der Waals surface area contributed by atoms with E-state index in [1.54, 1.807) is 4.68 Å². The van der Waals surface area contributed by atoms with Crippen molar-refractivity contribution in [3.05, 3.63) is 71.4 Å². The van der Waals surface area contributed by atoms with E-state index in [2.05, 4.69) is 25.8 Å². The summed E-state index contributed by atoms with van der Waals surface area (Å²) in [6.07, 6.45) is 3.36. The molecule has 1 aliphatic heterocycles. The van der Waals surface area contributed by atoms with Gasteiger partial charge in [0.2, 0.25) is 0 Å². The van der Waals surface area contributed by atoms with Gasteiger partial charge in [-0.05, 0) is 58.1 Å². The maximum Gasteiger partial charge on any atom is 0.264 e. The van der Waals surface area contributed by atoms with E-state index in [4.69, 9.17) is 0 Å². The molecular weight excluding hydrogens is 336 g/mol. The van der Waals surface area contributed by atoms with Gasteiger partial charge in [-0.2, -0.15) is 0 Å². The largest absolute Gasteiger partial charge is 0.300 e. The second-order valence-corrected chi connectivity index (χ2v) is 6.19. The Kier molecular flexibility index (Phi) is 4.09. The second-order valence-electron chi connectivity index (χ2n) is 5.16. The van der Waals surface area contributed by atoms with E-state index < -0.39 is 0 Å². The van der Waals surface area contributed by atoms with Crippen LogP contribution in [-0.2, 0) is 4.79 Å². The molecule has 0 aliphatic carbocycles. The van der Waals surface area contributed by atoms with Crippen LogP contribution in [0.5, 0.6) is 0 Å². The number of nitrogens with one attached hydrogen (secondary N) is 1. The van der Waals surface area contributed by atoms with Gasteiger partial charge in [-0.25, -0.2) is 9.67 Å². The highest BCUT2D eigenvalue weighted by atomic mass is 32.2. The average molecular weight is 348 g/mol. The molecule has 1 fully saturated rings. The first-order valence-corrected chi connectivity index (χ1v) is 8.28. The van der Waals surface area contributed by atoms with Gasteiger partial charge in [0, 0.05) is 0 Å². The highest BCUT2D eigenvalue weighted by molar-refractivity contribution is 8.18. The summed E-state index contributed by atoms with van der Waals surface area (Å²) in [6, 6.07) is 17.1. The lowest BCUT2D eigenvalue weighted by Crippen LogP contribution is -2.19. The molecule has 1 N–H and O–H groups in total. The number of thioether (sulfide) groups is 1. The number of hydrogen-bond donors (Lipinski definition) is 1. The Morgan fingerprint density at radius 3 is 2.60 bits per heavy atom. The van der Waals surface area contributed by atoms with E-state index in [0.29, 0.717) is 10.1 Å². The molecule has 1 saturated heterocycles. The molecule has 1 amide bonds. The monoisotopic (exact) mass is 348 g/mol. The molecule has 25 heavy (non-hydrogen) atoms. The number of carbonyl (C=O) groups excluding carboxylic acids is 1. The minimum atomic E-state index is -0.149. The van der Waals surface area contributed by atoms with Gasteiger partial charge < -0.3 is 5.32 Å². The van der Waals surface area contributed by atoms with Crippen molar-refractivity contribution in [2.75, 3.05) is 0 Å². The zero-order valence-electron chi connectivity index (χ0n) is 12.9. The molecule has 0 radical (unpaired) electrons. The van der Waals surface area contributed by atoms with Crippen LogP contribution in [0.4, 0.5) is 5.69 Å². The van der Waals surface area contributed by atoms with Crippen LogP contribution in [0.1, 0.15) is 5.56 Å². The second kappa shape index (κ2) is 6.70. The van der Waals surface area contributed by atoms with E-state index in [1.807, 2.05) is 60.7 Å². The number of carbonyl (C=O) groups is 1. The van der Waals surface area contributed by atoms with Crippen molar-refractivity contribution < 1.29 is 4.79 Å². The number of aliphatic imine (C=N–C) groups is 1. The topological polar surface area (TPSA) is 85.1 Å². The van der Waals surface area contributed by atoms with Crippen LogP contribution in [0, 0.1) is 0 Å². The minimum Gasteiger partial charge on any atom is -0.300 e. The standard InChI is InChI=1S/C17H12N6OS/c24-16-15(25-17(20-16)19-13-4-2-1-3-5-13)10-12-6-8-14(9-7-12)23-11-18-21-22-23/h1-11H,(H,19,20,24). The number of tetrazole rings is 1. The van der Waals surface area contributed by atoms with Crippen LogP contribution in [-0.4, -0.2) is 31.3 Å². The summed E-state index contributed by atoms with van der Waals surface area (Å²) >= 11 is 1.32. The van der Waals surface area contributed by atoms with Crippen molar-refractivity contribution in [3.63, 3.8) is 0 Å². The fourth-order valence-corrected chi connectivity index (χ4v) is 3.10. The van der Waals surface area contributed by atoms with Crippen LogP contribution >= 0.6 is 11.8 Å². The summed E-state index contributed by atoms with van der Waals surface area (Å²) in [5.41, 5.74) is 2.56. The highest BCUT2D eigenvalue weighted by Gasteiger charge is 2.23. The van der Waals surface area contributed by atoms with E-state index in [-0.39, 0.29) is 5.91 Å². The maximum atomic E-state index is 12.1. The maximum absolute atomic E-state index is 12.1.